The lowest BCUT2D eigenvalue weighted by atomic mass is 10.2. The van der Waals surface area contributed by atoms with Crippen molar-refractivity contribution in [1.82, 2.24) is 0 Å². The Kier molecular flexibility index (Phi) is 4.02. The van der Waals surface area contributed by atoms with Gasteiger partial charge >= 0.3 is 0 Å². The second-order valence-corrected chi connectivity index (χ2v) is 6.49. The highest BCUT2D eigenvalue weighted by Gasteiger charge is 2.34. The minimum atomic E-state index is -1.53. The van der Waals surface area contributed by atoms with Gasteiger partial charge in [0.25, 0.3) is 0 Å². The zero-order valence-electron chi connectivity index (χ0n) is 11.6. The van der Waals surface area contributed by atoms with Crippen molar-refractivity contribution in [2.24, 2.45) is 0 Å². The third-order valence-corrected chi connectivity index (χ3v) is 5.03. The number of para-hydroxylation sites is 2. The average molecular weight is 314 g/mol. The van der Waals surface area contributed by atoms with Crippen LogP contribution in [0.2, 0.25) is 0 Å². The van der Waals surface area contributed by atoms with Crippen molar-refractivity contribution in [2.45, 2.75) is 16.6 Å². The number of hydrogen-bond acceptors (Lipinski definition) is 3. The fourth-order valence-electron chi connectivity index (χ4n) is 2.28. The topological polar surface area (TPSA) is 75.3 Å². The Morgan fingerprint density at radius 3 is 2.55 bits per heavy atom. The molecule has 3 rings (SSSR count). The van der Waals surface area contributed by atoms with Crippen molar-refractivity contribution in [1.29, 1.82) is 0 Å². The highest BCUT2D eigenvalue weighted by Crippen LogP contribution is 2.28. The zero-order valence-corrected chi connectivity index (χ0v) is 12.4. The largest absolute Gasteiger partial charge is 0.326 e. The van der Waals surface area contributed by atoms with Gasteiger partial charge in [0.1, 0.15) is 5.25 Å². The van der Waals surface area contributed by atoms with Gasteiger partial charge in [0.05, 0.1) is 27.8 Å². The number of nitrogens with one attached hydrogen (secondary N) is 2. The van der Waals surface area contributed by atoms with Crippen molar-refractivity contribution >= 4 is 34.0 Å². The Bertz CT molecular complexity index is 746. The van der Waals surface area contributed by atoms with Crippen LogP contribution in [0.25, 0.3) is 0 Å². The van der Waals surface area contributed by atoms with Gasteiger partial charge in [-0.3, -0.25) is 13.8 Å². The first-order valence-electron chi connectivity index (χ1n) is 6.80. The van der Waals surface area contributed by atoms with Crippen LogP contribution in [0.1, 0.15) is 6.42 Å². The van der Waals surface area contributed by atoms with E-state index < -0.39 is 16.0 Å². The van der Waals surface area contributed by atoms with Crippen molar-refractivity contribution in [3.05, 3.63) is 54.6 Å². The molecule has 1 aliphatic rings. The van der Waals surface area contributed by atoms with Gasteiger partial charge in [0.2, 0.25) is 11.8 Å². The molecule has 6 heteroatoms. The summed E-state index contributed by atoms with van der Waals surface area (Å²) < 4.78 is 12.5. The van der Waals surface area contributed by atoms with E-state index in [9.17, 15) is 13.8 Å². The average Bonchev–Trinajstić information content (AvgIpc) is 2.52. The molecule has 22 heavy (non-hydrogen) atoms. The number of fused-ring (bicyclic) bond motifs is 1. The summed E-state index contributed by atoms with van der Waals surface area (Å²) in [5.74, 6) is -0.723. The summed E-state index contributed by atoms with van der Waals surface area (Å²) in [7, 11) is -1.53. The number of carbonyl (C=O) groups excluding carboxylic acids is 2. The van der Waals surface area contributed by atoms with Crippen LogP contribution >= 0.6 is 0 Å². The molecular formula is C16H14N2O3S. The fraction of sp³-hybridized carbons (Fsp3) is 0.125. The van der Waals surface area contributed by atoms with Gasteiger partial charge in [0, 0.05) is 5.69 Å². The van der Waals surface area contributed by atoms with Crippen LogP contribution in [0.4, 0.5) is 11.4 Å². The number of carbonyl (C=O) groups is 2. The molecule has 2 aromatic rings. The second-order valence-electron chi connectivity index (χ2n) is 4.89. The summed E-state index contributed by atoms with van der Waals surface area (Å²) in [4.78, 5) is 24.7. The molecule has 0 aromatic heterocycles. The summed E-state index contributed by atoms with van der Waals surface area (Å²) in [5, 5.41) is 4.52. The Morgan fingerprint density at radius 1 is 1.09 bits per heavy atom. The molecule has 0 spiro atoms. The first-order valence-corrected chi connectivity index (χ1v) is 8.02. The summed E-state index contributed by atoms with van der Waals surface area (Å²) in [6.07, 6.45) is -0.123. The predicted octanol–water partition coefficient (Wildman–Crippen LogP) is 2.14. The Balaban J connectivity index is 1.74. The monoisotopic (exact) mass is 314 g/mol. The molecule has 2 atom stereocenters. The number of anilines is 2. The minimum Gasteiger partial charge on any atom is -0.326 e. The molecule has 0 saturated carbocycles. The van der Waals surface area contributed by atoms with E-state index in [4.69, 9.17) is 0 Å². The normalized spacial score (nSPS) is 19.9. The minimum absolute atomic E-state index is 0.123. The van der Waals surface area contributed by atoms with Gasteiger partial charge in [-0.15, -0.1) is 0 Å². The molecule has 1 heterocycles. The summed E-state index contributed by atoms with van der Waals surface area (Å²) in [6.45, 7) is 0. The van der Waals surface area contributed by atoms with Gasteiger partial charge in [-0.1, -0.05) is 30.3 Å². The maximum absolute atomic E-state index is 12.5. The number of rotatable bonds is 3. The van der Waals surface area contributed by atoms with E-state index in [-0.39, 0.29) is 18.2 Å². The van der Waals surface area contributed by atoms with Crippen LogP contribution in [-0.4, -0.2) is 21.3 Å². The van der Waals surface area contributed by atoms with Crippen LogP contribution in [0.3, 0.4) is 0 Å². The van der Waals surface area contributed by atoms with Crippen LogP contribution in [-0.2, 0) is 20.4 Å². The summed E-state index contributed by atoms with van der Waals surface area (Å²) in [5.41, 5.74) is 1.19. The zero-order chi connectivity index (χ0) is 15.5. The van der Waals surface area contributed by atoms with E-state index in [1.807, 2.05) is 6.07 Å². The number of amides is 2. The van der Waals surface area contributed by atoms with E-state index in [1.54, 1.807) is 48.5 Å². The fourth-order valence-corrected chi connectivity index (χ4v) is 3.69. The first kappa shape index (κ1) is 14.5. The standard InChI is InChI=1S/C16H14N2O3S/c19-15(17-11-6-2-1-3-7-11)10-14-16(20)18-12-8-4-5-9-13(12)22(14)21/h1-9,14H,10H2,(H,17,19)(H,18,20)/t14-,22-/m1/s1. The van der Waals surface area contributed by atoms with Crippen LogP contribution in [0.5, 0.6) is 0 Å². The number of benzene rings is 2. The maximum Gasteiger partial charge on any atom is 0.241 e. The molecule has 2 aromatic carbocycles. The molecule has 0 unspecified atom stereocenters. The third-order valence-electron chi connectivity index (χ3n) is 3.34. The molecule has 2 amide bonds. The van der Waals surface area contributed by atoms with Gasteiger partial charge < -0.3 is 10.6 Å². The van der Waals surface area contributed by atoms with Gasteiger partial charge in [-0.25, -0.2) is 0 Å². The van der Waals surface area contributed by atoms with Crippen molar-refractivity contribution in [2.75, 3.05) is 10.6 Å². The van der Waals surface area contributed by atoms with Gasteiger partial charge in [-0.05, 0) is 24.3 Å². The van der Waals surface area contributed by atoms with Crippen LogP contribution in [0, 0.1) is 0 Å². The SMILES string of the molecule is O=C(C[C@@H]1C(=O)Nc2ccccc2[S@]1=O)Nc1ccccc1. The lowest BCUT2D eigenvalue weighted by molar-refractivity contribution is -0.120. The van der Waals surface area contributed by atoms with Crippen LogP contribution < -0.4 is 10.6 Å². The predicted molar refractivity (Wildman–Crippen MR) is 85.0 cm³/mol. The Hall–Kier alpha value is -2.47. The number of hydrogen-bond donors (Lipinski definition) is 2. The van der Waals surface area contributed by atoms with Crippen LogP contribution in [0.15, 0.2) is 59.5 Å². The van der Waals surface area contributed by atoms with Crippen molar-refractivity contribution in [3.63, 3.8) is 0 Å². The Morgan fingerprint density at radius 2 is 1.77 bits per heavy atom. The highest BCUT2D eigenvalue weighted by molar-refractivity contribution is 7.86. The van der Waals surface area contributed by atoms with E-state index in [2.05, 4.69) is 10.6 Å². The smallest absolute Gasteiger partial charge is 0.241 e. The molecular weight excluding hydrogens is 300 g/mol. The molecule has 5 nitrogen and oxygen atoms in total. The molecule has 112 valence electrons. The molecule has 0 radical (unpaired) electrons. The highest BCUT2D eigenvalue weighted by atomic mass is 32.2. The maximum atomic E-state index is 12.5. The molecule has 0 bridgehead atoms. The van der Waals surface area contributed by atoms with E-state index in [1.165, 1.54) is 0 Å². The van der Waals surface area contributed by atoms with Crippen molar-refractivity contribution in [3.8, 4) is 0 Å². The lowest BCUT2D eigenvalue weighted by Gasteiger charge is -2.23. The molecule has 2 N–H and O–H groups in total. The summed E-state index contributed by atoms with van der Waals surface area (Å²) in [6, 6.07) is 15.9. The second kappa shape index (κ2) is 6.11. The Labute approximate surface area is 130 Å². The third kappa shape index (κ3) is 2.92. The van der Waals surface area contributed by atoms with E-state index >= 15 is 0 Å². The molecule has 1 aliphatic heterocycles. The van der Waals surface area contributed by atoms with Crippen molar-refractivity contribution < 1.29 is 13.8 Å². The summed E-state index contributed by atoms with van der Waals surface area (Å²) >= 11 is 0. The molecule has 0 saturated heterocycles. The van der Waals surface area contributed by atoms with Gasteiger partial charge in [0.15, 0.2) is 0 Å². The first-order chi connectivity index (χ1) is 10.6. The van der Waals surface area contributed by atoms with Gasteiger partial charge in [-0.2, -0.15) is 0 Å². The quantitative estimate of drug-likeness (QED) is 0.911. The lowest BCUT2D eigenvalue weighted by Crippen LogP contribution is -2.39. The van der Waals surface area contributed by atoms with E-state index in [0.29, 0.717) is 16.3 Å². The molecule has 0 fully saturated rings. The van der Waals surface area contributed by atoms with E-state index in [0.717, 1.165) is 0 Å². The molecule has 0 aliphatic carbocycles.